The molecule has 0 atom stereocenters. The van der Waals surface area contributed by atoms with E-state index >= 15 is 0 Å². The number of thiazole rings is 2. The van der Waals surface area contributed by atoms with Gasteiger partial charge in [-0.15, -0.1) is 22.7 Å². The van der Waals surface area contributed by atoms with Crippen molar-refractivity contribution in [3.63, 3.8) is 0 Å². The molecule has 4 rings (SSSR count). The fraction of sp³-hybridized carbons (Fsp3) is 0.417. The highest BCUT2D eigenvalue weighted by molar-refractivity contribution is 7.89. The molecule has 0 spiro atoms. The minimum absolute atomic E-state index is 0.154. The highest BCUT2D eigenvalue weighted by Gasteiger charge is 2.15. The Labute approximate surface area is 341 Å². The number of carbonyl (C=O) groups is 3. The molecule has 6 N–H and O–H groups in total. The van der Waals surface area contributed by atoms with Crippen molar-refractivity contribution in [2.45, 2.75) is 54.4 Å². The number of sulfonamides is 2. The minimum Gasteiger partial charge on any atom is -0.491 e. The summed E-state index contributed by atoms with van der Waals surface area (Å²) in [5.74, 6) is 1.24. The normalized spacial score (nSPS) is 11.3. The van der Waals surface area contributed by atoms with Gasteiger partial charge >= 0.3 is 12.1 Å². The number of hydrogen-bond donors (Lipinski definition) is 6. The molecule has 0 bridgehead atoms. The molecule has 0 unspecified atom stereocenters. The van der Waals surface area contributed by atoms with Crippen molar-refractivity contribution in [3.05, 3.63) is 69.7 Å². The number of urea groups is 2. The van der Waals surface area contributed by atoms with Gasteiger partial charge in [0.05, 0.1) is 43.5 Å². The second-order valence-electron chi connectivity index (χ2n) is 13.7. The van der Waals surface area contributed by atoms with E-state index in [9.17, 15) is 31.2 Å². The number of aromatic nitrogens is 2. The van der Waals surface area contributed by atoms with Crippen molar-refractivity contribution in [3.8, 4) is 11.5 Å². The number of nitrogens with one attached hydrogen (secondary N) is 6. The number of benzene rings is 2. The van der Waals surface area contributed by atoms with Crippen LogP contribution in [0.2, 0.25) is 0 Å². The summed E-state index contributed by atoms with van der Waals surface area (Å²) in [6.45, 7) is 13.4. The van der Waals surface area contributed by atoms with E-state index in [4.69, 9.17) is 9.47 Å². The lowest BCUT2D eigenvalue weighted by Crippen LogP contribution is -2.30. The Morgan fingerprint density at radius 2 is 1.14 bits per heavy atom. The van der Waals surface area contributed by atoms with Crippen molar-refractivity contribution in [1.82, 2.24) is 19.4 Å². The number of rotatable bonds is 17. The standard InChI is InChI=1S/C18H24N4O5S2.C18H26N4O4S2/c1-11(2)10-27-15-7-12(3)5-6-14(15)20-17(24)21-18-19-9-13(28-18)8-16(23)22-29(4,25)26;1-12(2)11-26-16-9-13(3)5-6-15(16)21-17(23)22-18-19-10-14(27-18)7-8-20-28(4,24)25/h5-7,9,11H,8,10H2,1-4H3,(H,22,23)(H2,19,20,21,24);5-6,9-10,12,20H,7-8,11H2,1-4H3,(H2,19,21,22,23). The Hall–Kier alpha value is -4.83. The molecule has 0 saturated carbocycles. The van der Waals surface area contributed by atoms with Crippen LogP contribution in [0, 0.1) is 25.7 Å². The maximum atomic E-state index is 12.3. The van der Waals surface area contributed by atoms with Gasteiger partial charge in [0.15, 0.2) is 10.3 Å². The zero-order chi connectivity index (χ0) is 42.3. The lowest BCUT2D eigenvalue weighted by molar-refractivity contribution is -0.118. The molecule has 2 heterocycles. The first-order valence-corrected chi connectivity index (χ1v) is 23.0. The summed E-state index contributed by atoms with van der Waals surface area (Å²) in [5, 5.41) is 11.5. The smallest absolute Gasteiger partial charge is 0.325 e. The van der Waals surface area contributed by atoms with Gasteiger partial charge in [-0.25, -0.2) is 41.1 Å². The van der Waals surface area contributed by atoms with Crippen molar-refractivity contribution in [2.75, 3.05) is 53.5 Å². The van der Waals surface area contributed by atoms with Crippen LogP contribution >= 0.6 is 22.7 Å². The number of aryl methyl sites for hydroxylation is 2. The molecule has 0 fully saturated rings. The maximum absolute atomic E-state index is 12.3. The van der Waals surface area contributed by atoms with Gasteiger partial charge in [-0.05, 0) is 67.5 Å². The van der Waals surface area contributed by atoms with Crippen LogP contribution in [0.5, 0.6) is 11.5 Å². The second-order valence-corrected chi connectivity index (χ2v) is 19.5. The minimum atomic E-state index is -3.61. The molecule has 57 heavy (non-hydrogen) atoms. The van der Waals surface area contributed by atoms with Gasteiger partial charge in [0.25, 0.3) is 0 Å². The predicted molar refractivity (Wildman–Crippen MR) is 226 cm³/mol. The van der Waals surface area contributed by atoms with Gasteiger partial charge in [-0.1, -0.05) is 39.8 Å². The summed E-state index contributed by atoms with van der Waals surface area (Å²) in [6, 6.07) is 10.1. The quantitative estimate of drug-likeness (QED) is 0.0723. The number of ether oxygens (including phenoxy) is 2. The first kappa shape index (κ1) is 46.6. The number of nitrogens with zero attached hydrogens (tertiary/aromatic N) is 2. The van der Waals surface area contributed by atoms with Crippen LogP contribution in [0.25, 0.3) is 0 Å². The Morgan fingerprint density at radius 1 is 0.684 bits per heavy atom. The Kier molecular flexibility index (Phi) is 17.7. The number of anilines is 4. The van der Waals surface area contributed by atoms with Gasteiger partial charge in [-0.2, -0.15) is 0 Å². The van der Waals surface area contributed by atoms with E-state index in [-0.39, 0.29) is 18.1 Å². The van der Waals surface area contributed by atoms with Gasteiger partial charge in [-0.3, -0.25) is 20.2 Å². The lowest BCUT2D eigenvalue weighted by Gasteiger charge is -2.14. The van der Waals surface area contributed by atoms with Crippen molar-refractivity contribution < 1.29 is 40.7 Å². The summed E-state index contributed by atoms with van der Waals surface area (Å²) in [7, 11) is -6.83. The van der Waals surface area contributed by atoms with Gasteiger partial charge in [0, 0.05) is 28.7 Å². The molecule has 17 nitrogen and oxygen atoms in total. The average molecular weight is 867 g/mol. The molecule has 2 aromatic carbocycles. The fourth-order valence-electron chi connectivity index (χ4n) is 4.41. The molecule has 0 saturated heterocycles. The van der Waals surface area contributed by atoms with Crippen LogP contribution in [0.3, 0.4) is 0 Å². The SMILES string of the molecule is Cc1ccc(NC(=O)Nc2ncc(CC(=O)NS(C)(=O)=O)s2)c(OCC(C)C)c1.Cc1ccc(NC(=O)Nc2ncc(CCNS(C)(=O)=O)s2)c(OCC(C)C)c1. The monoisotopic (exact) mass is 866 g/mol. The molecule has 2 aromatic heterocycles. The third kappa shape index (κ3) is 18.8. The van der Waals surface area contributed by atoms with E-state index in [1.54, 1.807) is 18.3 Å². The number of carbonyl (C=O) groups excluding carboxylic acids is 3. The Morgan fingerprint density at radius 3 is 1.58 bits per heavy atom. The van der Waals surface area contributed by atoms with Crippen LogP contribution in [0.4, 0.5) is 31.2 Å². The molecule has 0 aliphatic carbocycles. The van der Waals surface area contributed by atoms with Crippen LogP contribution in [0.15, 0.2) is 48.8 Å². The number of amides is 5. The van der Waals surface area contributed by atoms with Crippen molar-refractivity contribution in [1.29, 1.82) is 0 Å². The van der Waals surface area contributed by atoms with E-state index in [0.717, 1.165) is 39.9 Å². The Balaban J connectivity index is 0.000000306. The predicted octanol–water partition coefficient (Wildman–Crippen LogP) is 5.97. The van der Waals surface area contributed by atoms with Crippen LogP contribution in [0.1, 0.15) is 48.6 Å². The number of hydrogen-bond acceptors (Lipinski definition) is 13. The van der Waals surface area contributed by atoms with Gasteiger partial charge < -0.3 is 20.1 Å². The van der Waals surface area contributed by atoms with E-state index in [1.165, 1.54) is 17.5 Å². The summed E-state index contributed by atoms with van der Waals surface area (Å²) >= 11 is 2.37. The topological polar surface area (TPSA) is 236 Å². The van der Waals surface area contributed by atoms with Crippen molar-refractivity contribution in [2.24, 2.45) is 11.8 Å². The zero-order valence-corrected chi connectivity index (χ0v) is 36.3. The molecular weight excluding hydrogens is 817 g/mol. The third-order valence-electron chi connectivity index (χ3n) is 6.83. The summed E-state index contributed by atoms with van der Waals surface area (Å²) in [4.78, 5) is 45.8. The van der Waals surface area contributed by atoms with E-state index < -0.39 is 38.0 Å². The molecule has 5 amide bonds. The van der Waals surface area contributed by atoms with Crippen LogP contribution in [-0.4, -0.2) is 77.0 Å². The first-order chi connectivity index (χ1) is 26.6. The molecule has 21 heteroatoms. The van der Waals surface area contributed by atoms with Crippen molar-refractivity contribution >= 4 is 82.3 Å². The first-order valence-electron chi connectivity index (χ1n) is 17.6. The molecule has 0 radical (unpaired) electrons. The highest BCUT2D eigenvalue weighted by atomic mass is 32.2. The average Bonchev–Trinajstić information content (AvgIpc) is 3.72. The van der Waals surface area contributed by atoms with Crippen LogP contribution < -0.4 is 40.2 Å². The van der Waals surface area contributed by atoms with Crippen LogP contribution in [-0.2, 0) is 37.7 Å². The van der Waals surface area contributed by atoms with Gasteiger partial charge in [0.1, 0.15) is 11.5 Å². The van der Waals surface area contributed by atoms with E-state index in [1.807, 2.05) is 56.7 Å². The molecular formula is C36H50N8O9S4. The molecule has 312 valence electrons. The molecule has 0 aliphatic rings. The zero-order valence-electron chi connectivity index (χ0n) is 33.0. The second kappa shape index (κ2) is 21.6. The summed E-state index contributed by atoms with van der Waals surface area (Å²) < 4.78 is 60.2. The fourth-order valence-corrected chi connectivity index (χ4v) is 6.98. The largest absolute Gasteiger partial charge is 0.491 e. The summed E-state index contributed by atoms with van der Waals surface area (Å²) in [5.41, 5.74) is 3.15. The van der Waals surface area contributed by atoms with E-state index in [2.05, 4.69) is 49.8 Å². The maximum Gasteiger partial charge on any atom is 0.325 e. The Bertz CT molecular complexity index is 2210. The lowest BCUT2D eigenvalue weighted by atomic mass is 10.2. The third-order valence-corrected chi connectivity index (χ3v) is 10.0. The summed E-state index contributed by atoms with van der Waals surface area (Å²) in [6.07, 6.45) is 5.39. The molecule has 0 aliphatic heterocycles. The molecule has 4 aromatic rings. The van der Waals surface area contributed by atoms with E-state index in [0.29, 0.717) is 64.4 Å². The van der Waals surface area contributed by atoms with Gasteiger partial charge in [0.2, 0.25) is 26.0 Å². The highest BCUT2D eigenvalue weighted by Crippen LogP contribution is 2.28.